The maximum Gasteiger partial charge on any atom is 0.335 e. The first-order valence-corrected chi connectivity index (χ1v) is 6.14. The van der Waals surface area contributed by atoms with E-state index in [4.69, 9.17) is 5.11 Å². The molecule has 0 unspecified atom stereocenters. The lowest BCUT2D eigenvalue weighted by Gasteiger charge is -2.47. The highest BCUT2D eigenvalue weighted by Crippen LogP contribution is 2.36. The molecule has 0 atom stereocenters. The smallest absolute Gasteiger partial charge is 0.335 e. The SMILES string of the molecule is CN(C)C1(CNc2cc(C(=O)O)ccn2)CCC1. The van der Waals surface area contributed by atoms with E-state index in [0.29, 0.717) is 5.82 Å². The summed E-state index contributed by atoms with van der Waals surface area (Å²) in [6.07, 6.45) is 5.12. The van der Waals surface area contributed by atoms with Gasteiger partial charge in [-0.2, -0.15) is 0 Å². The lowest BCUT2D eigenvalue weighted by Crippen LogP contribution is -2.54. The Balaban J connectivity index is 2.02. The molecule has 1 aromatic rings. The Morgan fingerprint density at radius 2 is 2.28 bits per heavy atom. The monoisotopic (exact) mass is 249 g/mol. The molecule has 2 N–H and O–H groups in total. The molecule has 0 aromatic carbocycles. The van der Waals surface area contributed by atoms with Crippen LogP contribution in [0.5, 0.6) is 0 Å². The maximum atomic E-state index is 10.9. The second-order valence-corrected chi connectivity index (χ2v) is 5.06. The zero-order chi connectivity index (χ0) is 13.2. The van der Waals surface area contributed by atoms with Gasteiger partial charge in [0, 0.05) is 18.3 Å². The molecule has 98 valence electrons. The van der Waals surface area contributed by atoms with Gasteiger partial charge in [0.2, 0.25) is 0 Å². The highest BCUT2D eigenvalue weighted by molar-refractivity contribution is 5.88. The fourth-order valence-corrected chi connectivity index (χ4v) is 2.28. The number of hydrogen-bond acceptors (Lipinski definition) is 4. The summed E-state index contributed by atoms with van der Waals surface area (Å²) in [7, 11) is 4.17. The van der Waals surface area contributed by atoms with Crippen molar-refractivity contribution in [3.8, 4) is 0 Å². The summed E-state index contributed by atoms with van der Waals surface area (Å²) in [4.78, 5) is 17.3. The molecule has 0 spiro atoms. The molecule has 1 aromatic heterocycles. The van der Waals surface area contributed by atoms with Crippen LogP contribution in [0.1, 0.15) is 29.6 Å². The van der Waals surface area contributed by atoms with Gasteiger partial charge in [0.15, 0.2) is 0 Å². The standard InChI is InChI=1S/C13H19N3O2/c1-16(2)13(5-3-6-13)9-15-11-8-10(12(17)18)4-7-14-11/h4,7-8H,3,5-6,9H2,1-2H3,(H,14,15)(H,17,18). The average molecular weight is 249 g/mol. The summed E-state index contributed by atoms with van der Waals surface area (Å²) in [5, 5.41) is 12.2. The van der Waals surface area contributed by atoms with E-state index >= 15 is 0 Å². The molecule has 1 aliphatic rings. The van der Waals surface area contributed by atoms with Gasteiger partial charge >= 0.3 is 5.97 Å². The normalized spacial score (nSPS) is 17.3. The molecule has 0 saturated heterocycles. The number of aromatic carboxylic acids is 1. The number of nitrogens with zero attached hydrogens (tertiary/aromatic N) is 2. The highest BCUT2D eigenvalue weighted by Gasteiger charge is 2.38. The molecule has 0 bridgehead atoms. The molecular formula is C13H19N3O2. The number of rotatable bonds is 5. The van der Waals surface area contributed by atoms with Crippen LogP contribution in [0.25, 0.3) is 0 Å². The first kappa shape index (κ1) is 12.8. The van der Waals surface area contributed by atoms with Crippen molar-refractivity contribution >= 4 is 11.8 Å². The molecule has 0 amide bonds. The van der Waals surface area contributed by atoms with Gasteiger partial charge in [0.05, 0.1) is 5.56 Å². The van der Waals surface area contributed by atoms with Gasteiger partial charge in [-0.25, -0.2) is 9.78 Å². The van der Waals surface area contributed by atoms with Gasteiger partial charge < -0.3 is 15.3 Å². The van der Waals surface area contributed by atoms with Crippen molar-refractivity contribution < 1.29 is 9.90 Å². The number of hydrogen-bond donors (Lipinski definition) is 2. The third kappa shape index (κ3) is 2.46. The van der Waals surface area contributed by atoms with Crippen molar-refractivity contribution in [3.63, 3.8) is 0 Å². The van der Waals surface area contributed by atoms with Crippen molar-refractivity contribution in [2.75, 3.05) is 26.0 Å². The van der Waals surface area contributed by atoms with Crippen LogP contribution in [-0.4, -0.2) is 47.1 Å². The van der Waals surface area contributed by atoms with Crippen LogP contribution in [0.4, 0.5) is 5.82 Å². The number of carbonyl (C=O) groups is 1. The van der Waals surface area contributed by atoms with Crippen molar-refractivity contribution in [2.45, 2.75) is 24.8 Å². The molecular weight excluding hydrogens is 230 g/mol. The molecule has 5 heteroatoms. The van der Waals surface area contributed by atoms with Crippen LogP contribution < -0.4 is 5.32 Å². The number of likely N-dealkylation sites (N-methyl/N-ethyl adjacent to an activating group) is 1. The van der Waals surface area contributed by atoms with Crippen LogP contribution in [-0.2, 0) is 0 Å². The fourth-order valence-electron chi connectivity index (χ4n) is 2.28. The van der Waals surface area contributed by atoms with Crippen LogP contribution in [0.15, 0.2) is 18.3 Å². The minimum atomic E-state index is -0.925. The number of carboxylic acid groups (broad SMARTS) is 1. The molecule has 1 saturated carbocycles. The predicted octanol–water partition coefficient (Wildman–Crippen LogP) is 1.68. The summed E-state index contributed by atoms with van der Waals surface area (Å²) in [5.74, 6) is -0.297. The average Bonchev–Trinajstić information content (AvgIpc) is 2.27. The van der Waals surface area contributed by atoms with E-state index < -0.39 is 5.97 Å². The molecule has 5 nitrogen and oxygen atoms in total. The van der Waals surface area contributed by atoms with E-state index in [1.165, 1.54) is 31.5 Å². The van der Waals surface area contributed by atoms with E-state index in [-0.39, 0.29) is 11.1 Å². The number of nitrogens with one attached hydrogen (secondary N) is 1. The quantitative estimate of drug-likeness (QED) is 0.831. The number of carboxylic acids is 1. The molecule has 18 heavy (non-hydrogen) atoms. The first-order valence-electron chi connectivity index (χ1n) is 6.14. The minimum absolute atomic E-state index is 0.195. The van der Waals surface area contributed by atoms with Gasteiger partial charge in [-0.1, -0.05) is 0 Å². The Labute approximate surface area is 107 Å². The second kappa shape index (κ2) is 4.94. The molecule has 0 aliphatic heterocycles. The highest BCUT2D eigenvalue weighted by atomic mass is 16.4. The third-order valence-corrected chi connectivity index (χ3v) is 3.84. The van der Waals surface area contributed by atoms with Gasteiger partial charge in [0.25, 0.3) is 0 Å². The number of pyridine rings is 1. The molecule has 0 radical (unpaired) electrons. The van der Waals surface area contributed by atoms with Gasteiger partial charge in [0.1, 0.15) is 5.82 Å². The van der Waals surface area contributed by atoms with Crippen LogP contribution >= 0.6 is 0 Å². The molecule has 1 fully saturated rings. The summed E-state index contributed by atoms with van der Waals surface area (Å²) < 4.78 is 0. The Kier molecular flexibility index (Phi) is 3.52. The first-order chi connectivity index (χ1) is 8.53. The number of aromatic nitrogens is 1. The zero-order valence-corrected chi connectivity index (χ0v) is 10.8. The van der Waals surface area contributed by atoms with E-state index in [1.54, 1.807) is 6.07 Å². The van der Waals surface area contributed by atoms with Crippen LogP contribution in [0, 0.1) is 0 Å². The summed E-state index contributed by atoms with van der Waals surface area (Å²) in [6.45, 7) is 0.802. The third-order valence-electron chi connectivity index (χ3n) is 3.84. The molecule has 1 aliphatic carbocycles. The lowest BCUT2D eigenvalue weighted by atomic mass is 9.75. The lowest BCUT2D eigenvalue weighted by molar-refractivity contribution is 0.0696. The van der Waals surface area contributed by atoms with Crippen molar-refractivity contribution in [3.05, 3.63) is 23.9 Å². The second-order valence-electron chi connectivity index (χ2n) is 5.06. The van der Waals surface area contributed by atoms with E-state index in [9.17, 15) is 4.79 Å². The van der Waals surface area contributed by atoms with Crippen molar-refractivity contribution in [2.24, 2.45) is 0 Å². The van der Waals surface area contributed by atoms with E-state index in [1.807, 2.05) is 0 Å². The largest absolute Gasteiger partial charge is 0.478 e. The Morgan fingerprint density at radius 1 is 1.56 bits per heavy atom. The summed E-state index contributed by atoms with van der Waals surface area (Å²) in [6, 6.07) is 3.07. The van der Waals surface area contributed by atoms with Gasteiger partial charge in [-0.15, -0.1) is 0 Å². The summed E-state index contributed by atoms with van der Waals surface area (Å²) in [5.41, 5.74) is 0.459. The Hall–Kier alpha value is -1.62. The maximum absolute atomic E-state index is 10.9. The van der Waals surface area contributed by atoms with Crippen LogP contribution in [0.2, 0.25) is 0 Å². The van der Waals surface area contributed by atoms with Gasteiger partial charge in [-0.05, 0) is 45.5 Å². The number of anilines is 1. The zero-order valence-electron chi connectivity index (χ0n) is 10.8. The fraction of sp³-hybridized carbons (Fsp3) is 0.538. The minimum Gasteiger partial charge on any atom is -0.478 e. The molecule has 1 heterocycles. The Bertz CT molecular complexity index is 442. The predicted molar refractivity (Wildman–Crippen MR) is 70.0 cm³/mol. The van der Waals surface area contributed by atoms with Crippen molar-refractivity contribution in [1.29, 1.82) is 0 Å². The van der Waals surface area contributed by atoms with E-state index in [0.717, 1.165) is 6.54 Å². The van der Waals surface area contributed by atoms with Crippen molar-refractivity contribution in [1.82, 2.24) is 9.88 Å². The molecule has 2 rings (SSSR count). The summed E-state index contributed by atoms with van der Waals surface area (Å²) >= 11 is 0. The Morgan fingerprint density at radius 3 is 2.78 bits per heavy atom. The topological polar surface area (TPSA) is 65.5 Å². The van der Waals surface area contributed by atoms with Crippen LogP contribution in [0.3, 0.4) is 0 Å². The van der Waals surface area contributed by atoms with E-state index in [2.05, 4.69) is 29.3 Å². The van der Waals surface area contributed by atoms with Gasteiger partial charge in [-0.3, -0.25) is 0 Å².